The van der Waals surface area contributed by atoms with Gasteiger partial charge in [0.1, 0.15) is 5.75 Å². The van der Waals surface area contributed by atoms with Crippen molar-refractivity contribution in [2.45, 2.75) is 39.5 Å². The van der Waals surface area contributed by atoms with Crippen LogP contribution in [0.2, 0.25) is 0 Å². The van der Waals surface area contributed by atoms with E-state index in [1.807, 2.05) is 12.1 Å². The van der Waals surface area contributed by atoms with Crippen molar-refractivity contribution in [1.82, 2.24) is 0 Å². The van der Waals surface area contributed by atoms with Crippen LogP contribution in [0.25, 0.3) is 0 Å². The molecule has 0 amide bonds. The molecule has 0 saturated carbocycles. The van der Waals surface area contributed by atoms with Gasteiger partial charge in [0, 0.05) is 12.0 Å². The normalized spacial score (nSPS) is 16.5. The molecule has 3 nitrogen and oxygen atoms in total. The summed E-state index contributed by atoms with van der Waals surface area (Å²) in [5, 5.41) is 0. The highest BCUT2D eigenvalue weighted by Gasteiger charge is 2.33. The predicted octanol–water partition coefficient (Wildman–Crippen LogP) is 3.99. The lowest BCUT2D eigenvalue weighted by Gasteiger charge is -2.37. The van der Waals surface area contributed by atoms with Gasteiger partial charge in [0.15, 0.2) is 0 Å². The van der Waals surface area contributed by atoms with Gasteiger partial charge in [0.2, 0.25) is 0 Å². The molecule has 118 valence electrons. The molecule has 1 heterocycles. The van der Waals surface area contributed by atoms with Crippen molar-refractivity contribution in [2.75, 3.05) is 33.0 Å². The van der Waals surface area contributed by atoms with E-state index < -0.39 is 0 Å². The van der Waals surface area contributed by atoms with Crippen LogP contribution in [-0.4, -0.2) is 33.0 Å². The summed E-state index contributed by atoms with van der Waals surface area (Å²) in [6, 6.07) is 8.24. The first-order valence-electron chi connectivity index (χ1n) is 8.03. The number of aryl methyl sites for hydroxylation is 1. The van der Waals surface area contributed by atoms with E-state index >= 15 is 0 Å². The van der Waals surface area contributed by atoms with Crippen LogP contribution in [0.5, 0.6) is 5.75 Å². The Kier molecular flexibility index (Phi) is 6.52. The van der Waals surface area contributed by atoms with Crippen LogP contribution >= 0.6 is 0 Å². The maximum absolute atomic E-state index is 5.72. The summed E-state index contributed by atoms with van der Waals surface area (Å²) < 4.78 is 16.6. The number of benzene rings is 1. The number of unbranched alkanes of at least 4 members (excludes halogenated alkanes) is 3. The van der Waals surface area contributed by atoms with Gasteiger partial charge >= 0.3 is 0 Å². The van der Waals surface area contributed by atoms with Gasteiger partial charge in [-0.3, -0.25) is 0 Å². The maximum atomic E-state index is 5.72. The van der Waals surface area contributed by atoms with E-state index in [2.05, 4.69) is 26.0 Å². The van der Waals surface area contributed by atoms with Crippen molar-refractivity contribution in [3.63, 3.8) is 0 Å². The fourth-order valence-electron chi connectivity index (χ4n) is 2.34. The van der Waals surface area contributed by atoms with Gasteiger partial charge in [-0.1, -0.05) is 31.0 Å². The molecule has 1 aromatic carbocycles. The Bertz CT molecular complexity index is 395. The van der Waals surface area contributed by atoms with Crippen molar-refractivity contribution in [3.05, 3.63) is 29.8 Å². The third kappa shape index (κ3) is 6.06. The van der Waals surface area contributed by atoms with Crippen LogP contribution in [0.4, 0.5) is 0 Å². The minimum absolute atomic E-state index is 0.280. The monoisotopic (exact) mass is 292 g/mol. The van der Waals surface area contributed by atoms with E-state index in [1.54, 1.807) is 0 Å². The zero-order chi connectivity index (χ0) is 15.0. The first-order valence-corrected chi connectivity index (χ1v) is 8.03. The van der Waals surface area contributed by atoms with Crippen LogP contribution in [0.1, 0.15) is 38.2 Å². The Morgan fingerprint density at radius 1 is 1.00 bits per heavy atom. The van der Waals surface area contributed by atoms with Gasteiger partial charge in [-0.15, -0.1) is 0 Å². The van der Waals surface area contributed by atoms with E-state index in [0.29, 0.717) is 0 Å². The molecule has 0 spiro atoms. The number of hydrogen-bond acceptors (Lipinski definition) is 3. The molecule has 1 aromatic rings. The molecule has 0 aromatic heterocycles. The smallest absolute Gasteiger partial charge is 0.119 e. The lowest BCUT2D eigenvalue weighted by molar-refractivity contribution is -0.137. The minimum atomic E-state index is 0.280. The number of hydrogen-bond donors (Lipinski definition) is 0. The zero-order valence-corrected chi connectivity index (χ0v) is 13.4. The molecule has 21 heavy (non-hydrogen) atoms. The van der Waals surface area contributed by atoms with E-state index in [1.165, 1.54) is 18.4 Å². The van der Waals surface area contributed by atoms with Crippen molar-refractivity contribution in [1.29, 1.82) is 0 Å². The Morgan fingerprint density at radius 2 is 1.67 bits per heavy atom. The average molecular weight is 292 g/mol. The third-order valence-corrected chi connectivity index (χ3v) is 3.82. The molecule has 0 atom stereocenters. The van der Waals surface area contributed by atoms with Gasteiger partial charge in [0.25, 0.3) is 0 Å². The number of rotatable bonds is 10. The third-order valence-electron chi connectivity index (χ3n) is 3.82. The molecule has 0 aliphatic carbocycles. The molecule has 3 heteroatoms. The average Bonchev–Trinajstić information content (AvgIpc) is 2.45. The van der Waals surface area contributed by atoms with E-state index in [4.69, 9.17) is 14.2 Å². The first kappa shape index (κ1) is 16.3. The fourth-order valence-corrected chi connectivity index (χ4v) is 2.34. The van der Waals surface area contributed by atoms with Crippen LogP contribution in [0, 0.1) is 12.3 Å². The number of ether oxygens (including phenoxy) is 3. The van der Waals surface area contributed by atoms with Crippen molar-refractivity contribution in [3.8, 4) is 5.75 Å². The molecule has 2 rings (SSSR count). The van der Waals surface area contributed by atoms with Gasteiger partial charge in [-0.25, -0.2) is 0 Å². The Morgan fingerprint density at radius 3 is 2.29 bits per heavy atom. The topological polar surface area (TPSA) is 27.7 Å². The lowest BCUT2D eigenvalue weighted by Crippen LogP contribution is -2.43. The van der Waals surface area contributed by atoms with Crippen molar-refractivity contribution >= 4 is 0 Å². The van der Waals surface area contributed by atoms with Gasteiger partial charge in [0.05, 0.1) is 26.4 Å². The second-order valence-corrected chi connectivity index (χ2v) is 6.43. The largest absolute Gasteiger partial charge is 0.494 e. The fraction of sp³-hybridized carbons (Fsp3) is 0.667. The quantitative estimate of drug-likeness (QED) is 0.610. The highest BCUT2D eigenvalue weighted by Crippen LogP contribution is 2.26. The summed E-state index contributed by atoms with van der Waals surface area (Å²) in [5.74, 6) is 0.972. The molecule has 0 bridgehead atoms. The summed E-state index contributed by atoms with van der Waals surface area (Å²) in [4.78, 5) is 0. The van der Waals surface area contributed by atoms with E-state index in [-0.39, 0.29) is 5.41 Å². The highest BCUT2D eigenvalue weighted by molar-refractivity contribution is 5.26. The van der Waals surface area contributed by atoms with Gasteiger partial charge in [-0.2, -0.15) is 0 Å². The van der Waals surface area contributed by atoms with Gasteiger partial charge < -0.3 is 14.2 Å². The Labute approximate surface area is 128 Å². The molecule has 0 unspecified atom stereocenters. The summed E-state index contributed by atoms with van der Waals surface area (Å²) in [5.41, 5.74) is 1.55. The molecule has 1 aliphatic heterocycles. The van der Waals surface area contributed by atoms with Crippen LogP contribution < -0.4 is 4.74 Å². The summed E-state index contributed by atoms with van der Waals surface area (Å²) >= 11 is 0. The van der Waals surface area contributed by atoms with Gasteiger partial charge in [-0.05, 0) is 38.3 Å². The van der Waals surface area contributed by atoms with Crippen molar-refractivity contribution in [2.24, 2.45) is 5.41 Å². The summed E-state index contributed by atoms with van der Waals surface area (Å²) in [7, 11) is 0. The SMILES string of the molecule is Cc1ccc(OCCCCCCOCC2(C)COC2)cc1. The molecule has 0 N–H and O–H groups in total. The Balaban J connectivity index is 1.39. The second-order valence-electron chi connectivity index (χ2n) is 6.43. The molecule has 1 saturated heterocycles. The lowest BCUT2D eigenvalue weighted by atomic mass is 9.90. The molecule has 1 fully saturated rings. The highest BCUT2D eigenvalue weighted by atomic mass is 16.5. The molecular weight excluding hydrogens is 264 g/mol. The second kappa shape index (κ2) is 8.40. The van der Waals surface area contributed by atoms with Crippen LogP contribution in [0.15, 0.2) is 24.3 Å². The van der Waals surface area contributed by atoms with Crippen molar-refractivity contribution < 1.29 is 14.2 Å². The Hall–Kier alpha value is -1.06. The maximum Gasteiger partial charge on any atom is 0.119 e. The first-order chi connectivity index (χ1) is 10.2. The molecule has 1 aliphatic rings. The minimum Gasteiger partial charge on any atom is -0.494 e. The molecule has 0 radical (unpaired) electrons. The standard InChI is InChI=1S/C18H28O3/c1-16-7-9-17(10-8-16)21-12-6-4-3-5-11-19-13-18(2)14-20-15-18/h7-10H,3-6,11-15H2,1-2H3. The van der Waals surface area contributed by atoms with Crippen LogP contribution in [-0.2, 0) is 9.47 Å². The molecular formula is C18H28O3. The summed E-state index contributed by atoms with van der Waals surface area (Å²) in [6.07, 6.45) is 4.67. The zero-order valence-electron chi connectivity index (χ0n) is 13.4. The van der Waals surface area contributed by atoms with Crippen LogP contribution in [0.3, 0.4) is 0 Å². The van der Waals surface area contributed by atoms with E-state index in [0.717, 1.165) is 51.6 Å². The summed E-state index contributed by atoms with van der Waals surface area (Å²) in [6.45, 7) is 8.52. The predicted molar refractivity (Wildman–Crippen MR) is 84.9 cm³/mol. The van der Waals surface area contributed by atoms with E-state index in [9.17, 15) is 0 Å².